The number of amides is 1. The minimum Gasteiger partial charge on any atom is -0.507 e. The fourth-order valence-electron chi connectivity index (χ4n) is 5.09. The number of hydrogen-bond acceptors (Lipinski definition) is 6. The van der Waals surface area contributed by atoms with Crippen LogP contribution in [0, 0.1) is 0 Å². The molecule has 0 saturated carbocycles. The van der Waals surface area contributed by atoms with Crippen LogP contribution in [-0.4, -0.2) is 37.7 Å². The number of nitrogens with zero attached hydrogens (tertiary/aromatic N) is 3. The van der Waals surface area contributed by atoms with Crippen molar-refractivity contribution in [3.63, 3.8) is 0 Å². The molecule has 8 heteroatoms. The predicted molar refractivity (Wildman–Crippen MR) is 150 cm³/mol. The van der Waals surface area contributed by atoms with Crippen molar-refractivity contribution < 1.29 is 19.4 Å². The van der Waals surface area contributed by atoms with Gasteiger partial charge in [-0.3, -0.25) is 14.9 Å². The minimum absolute atomic E-state index is 0.0911. The number of nitrogens with one attached hydrogen (secondary N) is 1. The fourth-order valence-corrected chi connectivity index (χ4v) is 5.09. The van der Waals surface area contributed by atoms with Gasteiger partial charge in [-0.15, -0.1) is 0 Å². The molecule has 1 aliphatic rings. The average molecular weight is 533 g/mol. The van der Waals surface area contributed by atoms with Crippen LogP contribution < -0.4 is 9.47 Å². The maximum Gasteiger partial charge on any atom is 0.273 e. The first-order valence-corrected chi connectivity index (χ1v) is 13.1. The SMILES string of the molecule is CCOc1cc(C2c3c(-c4ccccc4O)n[nH]c3C(=O)N2Cc2cccnc2)ccc1OCc1ccccc1. The predicted octanol–water partition coefficient (Wildman–Crippen LogP) is 5.90. The van der Waals surface area contributed by atoms with E-state index in [-0.39, 0.29) is 11.7 Å². The van der Waals surface area contributed by atoms with E-state index in [9.17, 15) is 9.90 Å². The van der Waals surface area contributed by atoms with E-state index < -0.39 is 6.04 Å². The monoisotopic (exact) mass is 532 g/mol. The molecule has 1 atom stereocenters. The molecule has 2 N–H and O–H groups in total. The average Bonchev–Trinajstić information content (AvgIpc) is 3.52. The molecule has 1 amide bonds. The second-order valence-electron chi connectivity index (χ2n) is 9.49. The number of rotatable bonds is 9. The van der Waals surface area contributed by atoms with Gasteiger partial charge in [0.15, 0.2) is 11.5 Å². The van der Waals surface area contributed by atoms with E-state index in [0.29, 0.717) is 53.8 Å². The van der Waals surface area contributed by atoms with Gasteiger partial charge in [0.05, 0.1) is 12.6 Å². The number of hydrogen-bond donors (Lipinski definition) is 2. The second-order valence-corrected chi connectivity index (χ2v) is 9.49. The molecule has 1 unspecified atom stereocenters. The molecule has 0 bridgehead atoms. The van der Waals surface area contributed by atoms with Crippen LogP contribution in [0.2, 0.25) is 0 Å². The number of carbonyl (C=O) groups excluding carboxylic acids is 1. The van der Waals surface area contributed by atoms with Crippen molar-refractivity contribution in [1.82, 2.24) is 20.1 Å². The molecule has 0 saturated heterocycles. The summed E-state index contributed by atoms with van der Waals surface area (Å²) in [5.74, 6) is 1.12. The van der Waals surface area contributed by atoms with Crippen LogP contribution in [-0.2, 0) is 13.2 Å². The first-order valence-electron chi connectivity index (χ1n) is 13.1. The standard InChI is InChI=1S/C32H28N4O4/c1-2-39-27-17-23(14-15-26(27)40-20-21-9-4-3-5-10-21)31-28-29(24-12-6-7-13-25(24)37)34-35-30(28)32(38)36(31)19-22-11-8-16-33-18-22/h3-18,31,37H,2,19-20H2,1H3,(H,34,35). The highest BCUT2D eigenvalue weighted by Crippen LogP contribution is 2.46. The summed E-state index contributed by atoms with van der Waals surface area (Å²) < 4.78 is 12.1. The molecule has 2 aromatic heterocycles. The third kappa shape index (κ3) is 4.75. The maximum absolute atomic E-state index is 13.8. The van der Waals surface area contributed by atoms with E-state index in [1.165, 1.54) is 0 Å². The van der Waals surface area contributed by atoms with Gasteiger partial charge in [-0.25, -0.2) is 0 Å². The third-order valence-corrected chi connectivity index (χ3v) is 6.92. The fraction of sp³-hybridized carbons (Fsp3) is 0.156. The van der Waals surface area contributed by atoms with E-state index in [0.717, 1.165) is 16.7 Å². The highest BCUT2D eigenvalue weighted by atomic mass is 16.5. The molecular weight excluding hydrogens is 504 g/mol. The van der Waals surface area contributed by atoms with Gasteiger partial charge in [-0.1, -0.05) is 54.6 Å². The number of aromatic hydroxyl groups is 1. The molecule has 3 aromatic carbocycles. The van der Waals surface area contributed by atoms with E-state index in [1.807, 2.05) is 73.7 Å². The summed E-state index contributed by atoms with van der Waals surface area (Å²) in [6, 6.07) is 26.0. The van der Waals surface area contributed by atoms with Crippen LogP contribution in [0.4, 0.5) is 0 Å². The van der Waals surface area contributed by atoms with Crippen LogP contribution in [0.15, 0.2) is 97.3 Å². The lowest BCUT2D eigenvalue weighted by Gasteiger charge is -2.27. The van der Waals surface area contributed by atoms with Crippen molar-refractivity contribution in [2.45, 2.75) is 26.1 Å². The molecule has 0 aliphatic carbocycles. The Hall–Kier alpha value is -5.11. The molecule has 200 valence electrons. The van der Waals surface area contributed by atoms with Gasteiger partial charge >= 0.3 is 0 Å². The lowest BCUT2D eigenvalue weighted by molar-refractivity contribution is 0.0729. The Morgan fingerprint density at radius 1 is 0.925 bits per heavy atom. The van der Waals surface area contributed by atoms with E-state index in [4.69, 9.17) is 9.47 Å². The van der Waals surface area contributed by atoms with E-state index in [1.54, 1.807) is 35.5 Å². The smallest absolute Gasteiger partial charge is 0.273 e. The number of ether oxygens (including phenoxy) is 2. The van der Waals surface area contributed by atoms with Crippen molar-refractivity contribution in [3.05, 3.63) is 125 Å². The quantitative estimate of drug-likeness (QED) is 0.245. The Bertz CT molecular complexity index is 1640. The molecule has 0 radical (unpaired) electrons. The molecule has 1 aliphatic heterocycles. The minimum atomic E-state index is -0.488. The molecule has 5 aromatic rings. The summed E-state index contributed by atoms with van der Waals surface area (Å²) in [6.07, 6.45) is 3.46. The molecular formula is C32H28N4O4. The zero-order valence-corrected chi connectivity index (χ0v) is 21.9. The van der Waals surface area contributed by atoms with Crippen molar-refractivity contribution in [3.8, 4) is 28.5 Å². The molecule has 3 heterocycles. The van der Waals surface area contributed by atoms with Gasteiger partial charge in [0.1, 0.15) is 23.7 Å². The van der Waals surface area contributed by atoms with Crippen molar-refractivity contribution >= 4 is 5.91 Å². The lowest BCUT2D eigenvalue weighted by Crippen LogP contribution is -2.29. The zero-order valence-electron chi connectivity index (χ0n) is 21.9. The molecule has 6 rings (SSSR count). The van der Waals surface area contributed by atoms with Crippen LogP contribution in [0.25, 0.3) is 11.3 Å². The van der Waals surface area contributed by atoms with Gasteiger partial charge in [0.25, 0.3) is 5.91 Å². The summed E-state index contributed by atoms with van der Waals surface area (Å²) in [5.41, 5.74) is 4.97. The van der Waals surface area contributed by atoms with Gasteiger partial charge in [-0.2, -0.15) is 5.10 Å². The number of aromatic nitrogens is 3. The van der Waals surface area contributed by atoms with E-state index >= 15 is 0 Å². The molecule has 0 spiro atoms. The van der Waals surface area contributed by atoms with Crippen molar-refractivity contribution in [1.29, 1.82) is 0 Å². The number of para-hydroxylation sites is 1. The molecule has 8 nitrogen and oxygen atoms in total. The molecule has 40 heavy (non-hydrogen) atoms. The highest BCUT2D eigenvalue weighted by Gasteiger charge is 2.42. The van der Waals surface area contributed by atoms with Crippen molar-refractivity contribution in [2.75, 3.05) is 6.61 Å². The summed E-state index contributed by atoms with van der Waals surface area (Å²) in [4.78, 5) is 19.8. The summed E-state index contributed by atoms with van der Waals surface area (Å²) in [6.45, 7) is 3.12. The van der Waals surface area contributed by atoms with Crippen LogP contribution >= 0.6 is 0 Å². The number of pyridine rings is 1. The van der Waals surface area contributed by atoms with E-state index in [2.05, 4.69) is 15.2 Å². The Kier molecular flexibility index (Phi) is 6.89. The second kappa shape index (κ2) is 10.9. The number of H-pyrrole nitrogens is 1. The largest absolute Gasteiger partial charge is 0.507 e. The summed E-state index contributed by atoms with van der Waals surface area (Å²) in [7, 11) is 0. The normalized spacial score (nSPS) is 14.3. The first-order chi connectivity index (χ1) is 19.6. The van der Waals surface area contributed by atoms with Crippen LogP contribution in [0.1, 0.15) is 45.7 Å². The number of phenols is 1. The summed E-state index contributed by atoms with van der Waals surface area (Å²) in [5, 5.41) is 18.1. The van der Waals surface area contributed by atoms with Gasteiger partial charge in [0, 0.05) is 30.1 Å². The number of benzene rings is 3. The van der Waals surface area contributed by atoms with Crippen LogP contribution in [0.3, 0.4) is 0 Å². The Labute approximate surface area is 231 Å². The number of aromatic amines is 1. The van der Waals surface area contributed by atoms with Gasteiger partial charge in [-0.05, 0) is 53.9 Å². The topological polar surface area (TPSA) is 101 Å². The number of carbonyl (C=O) groups is 1. The lowest BCUT2D eigenvalue weighted by atomic mass is 9.95. The van der Waals surface area contributed by atoms with Crippen molar-refractivity contribution in [2.24, 2.45) is 0 Å². The van der Waals surface area contributed by atoms with Gasteiger partial charge in [0.2, 0.25) is 0 Å². The Morgan fingerprint density at radius 2 is 1.73 bits per heavy atom. The number of fused-ring (bicyclic) bond motifs is 1. The first kappa shape index (κ1) is 25.2. The maximum atomic E-state index is 13.8. The third-order valence-electron chi connectivity index (χ3n) is 6.92. The molecule has 0 fully saturated rings. The van der Waals surface area contributed by atoms with Gasteiger partial charge < -0.3 is 19.5 Å². The highest BCUT2D eigenvalue weighted by molar-refractivity contribution is 6.00. The summed E-state index contributed by atoms with van der Waals surface area (Å²) >= 11 is 0. The Morgan fingerprint density at radius 3 is 2.50 bits per heavy atom. The zero-order chi connectivity index (χ0) is 27.5. The Balaban J connectivity index is 1.43. The van der Waals surface area contributed by atoms with Crippen LogP contribution in [0.5, 0.6) is 17.2 Å². The number of phenolic OH excluding ortho intramolecular Hbond substituents is 1.